The smallest absolute Gasteiger partial charge is 0.324 e. The molecule has 0 N–H and O–H groups in total. The van der Waals surface area contributed by atoms with Crippen molar-refractivity contribution >= 4 is 7.54 Å². The summed E-state index contributed by atoms with van der Waals surface area (Å²) in [6.07, 6.45) is 11.1. The Kier molecular flexibility index (Phi) is 17.8. The SMILES string of the molecule is CCCC[N+](CCCC)(CCCC)CCCC.FB(F)F. The Morgan fingerprint density at radius 2 is 0.762 bits per heavy atom. The molecule has 1 nitrogen and oxygen atoms in total. The molecule has 0 spiro atoms. The van der Waals surface area contributed by atoms with Crippen molar-refractivity contribution < 1.29 is 17.4 Å². The van der Waals surface area contributed by atoms with Crippen molar-refractivity contribution in [3.05, 3.63) is 0 Å². The lowest BCUT2D eigenvalue weighted by Gasteiger charge is -2.39. The van der Waals surface area contributed by atoms with Crippen molar-refractivity contribution in [1.29, 1.82) is 0 Å². The lowest BCUT2D eigenvalue weighted by molar-refractivity contribution is -0.929. The van der Waals surface area contributed by atoms with Crippen LogP contribution >= 0.6 is 0 Å². The minimum atomic E-state index is -3.67. The number of rotatable bonds is 12. The van der Waals surface area contributed by atoms with Crippen LogP contribution < -0.4 is 0 Å². The Balaban J connectivity index is 0. The van der Waals surface area contributed by atoms with E-state index in [9.17, 15) is 12.9 Å². The van der Waals surface area contributed by atoms with Crippen LogP contribution in [-0.4, -0.2) is 38.2 Å². The van der Waals surface area contributed by atoms with Gasteiger partial charge in [-0.15, -0.1) is 0 Å². The topological polar surface area (TPSA) is 0 Å². The molecule has 0 fully saturated rings. The van der Waals surface area contributed by atoms with Crippen LogP contribution in [0.4, 0.5) is 12.9 Å². The average Bonchev–Trinajstić information content (AvgIpc) is 2.45. The highest BCUT2D eigenvalue weighted by atomic mass is 19.4. The number of quaternary nitrogens is 1. The quantitative estimate of drug-likeness (QED) is 0.312. The summed E-state index contributed by atoms with van der Waals surface area (Å²) in [5, 5.41) is 0. The number of unbranched alkanes of at least 4 members (excludes halogenated alkanes) is 4. The van der Waals surface area contributed by atoms with Gasteiger partial charge in [-0.05, 0) is 25.7 Å². The van der Waals surface area contributed by atoms with Gasteiger partial charge in [-0.2, -0.15) is 0 Å². The Bertz CT molecular complexity index is 164. The highest BCUT2D eigenvalue weighted by molar-refractivity contribution is 6.33. The van der Waals surface area contributed by atoms with Gasteiger partial charge in [-0.25, -0.2) is 0 Å². The molecule has 0 unspecified atom stereocenters. The standard InChI is InChI=1S/C16H36N.BF3/c1-5-9-13-17(14-10-6-2,15-11-7-3)16-12-8-4;2-1(3)4/h5-16H2,1-4H3;/q+1;. The Hall–Kier alpha value is -0.185. The number of halogens is 3. The molecule has 0 saturated carbocycles. The molecule has 0 aromatic heterocycles. The van der Waals surface area contributed by atoms with Crippen LogP contribution in [0.25, 0.3) is 0 Å². The van der Waals surface area contributed by atoms with Crippen LogP contribution in [-0.2, 0) is 0 Å². The zero-order valence-electron chi connectivity index (χ0n) is 14.6. The molecule has 0 aliphatic heterocycles. The third-order valence-electron chi connectivity index (χ3n) is 3.94. The van der Waals surface area contributed by atoms with Crippen molar-refractivity contribution in [2.24, 2.45) is 0 Å². The van der Waals surface area contributed by atoms with Crippen LogP contribution in [0, 0.1) is 0 Å². The second-order valence-corrected chi connectivity index (χ2v) is 5.90. The van der Waals surface area contributed by atoms with E-state index in [-0.39, 0.29) is 0 Å². The first-order chi connectivity index (χ1) is 9.97. The maximum Gasteiger partial charge on any atom is 0.762 e. The van der Waals surface area contributed by atoms with Gasteiger partial charge < -0.3 is 4.48 Å². The molecular formula is C16H36BF3N+. The van der Waals surface area contributed by atoms with Gasteiger partial charge in [0.15, 0.2) is 0 Å². The average molecular weight is 310 g/mol. The summed E-state index contributed by atoms with van der Waals surface area (Å²) in [6.45, 7) is 15.0. The van der Waals surface area contributed by atoms with Crippen molar-refractivity contribution in [3.63, 3.8) is 0 Å². The molecule has 0 aromatic carbocycles. The van der Waals surface area contributed by atoms with Crippen molar-refractivity contribution in [1.82, 2.24) is 0 Å². The first-order valence-corrected chi connectivity index (χ1v) is 8.75. The summed E-state index contributed by atoms with van der Waals surface area (Å²) >= 11 is 0. The largest absolute Gasteiger partial charge is 0.762 e. The van der Waals surface area contributed by atoms with Crippen LogP contribution in [0.15, 0.2) is 0 Å². The molecule has 0 saturated heterocycles. The lowest BCUT2D eigenvalue weighted by atomic mass is 10.1. The van der Waals surface area contributed by atoms with E-state index in [0.717, 1.165) is 0 Å². The van der Waals surface area contributed by atoms with Crippen molar-refractivity contribution in [2.75, 3.05) is 26.2 Å². The molecule has 21 heavy (non-hydrogen) atoms. The fourth-order valence-corrected chi connectivity index (χ4v) is 2.64. The maximum atomic E-state index is 9.67. The van der Waals surface area contributed by atoms with E-state index in [4.69, 9.17) is 0 Å². The van der Waals surface area contributed by atoms with E-state index >= 15 is 0 Å². The summed E-state index contributed by atoms with van der Waals surface area (Å²) in [5.41, 5.74) is 0. The van der Waals surface area contributed by atoms with Gasteiger partial charge in [0, 0.05) is 0 Å². The van der Waals surface area contributed by atoms with E-state index in [1.807, 2.05) is 0 Å². The van der Waals surface area contributed by atoms with Crippen LogP contribution in [0.1, 0.15) is 79.1 Å². The zero-order valence-corrected chi connectivity index (χ0v) is 14.6. The molecule has 0 aromatic rings. The van der Waals surface area contributed by atoms with Gasteiger partial charge in [-0.3, -0.25) is 12.9 Å². The van der Waals surface area contributed by atoms with E-state index < -0.39 is 7.54 Å². The normalized spacial score (nSPS) is 11.0. The molecule has 0 atom stereocenters. The molecule has 0 heterocycles. The minimum absolute atomic E-state index is 1.35. The summed E-state index contributed by atoms with van der Waals surface area (Å²) in [6, 6.07) is 0. The monoisotopic (exact) mass is 310 g/mol. The minimum Gasteiger partial charge on any atom is -0.324 e. The van der Waals surface area contributed by atoms with Gasteiger partial charge in [0.05, 0.1) is 26.2 Å². The van der Waals surface area contributed by atoms with E-state index in [1.165, 1.54) is 82.0 Å². The summed E-state index contributed by atoms with van der Waals surface area (Å²) in [4.78, 5) is 0. The summed E-state index contributed by atoms with van der Waals surface area (Å²) in [7, 11) is -3.67. The highest BCUT2D eigenvalue weighted by Crippen LogP contribution is 2.16. The van der Waals surface area contributed by atoms with Crippen LogP contribution in [0.2, 0.25) is 0 Å². The second-order valence-electron chi connectivity index (χ2n) is 5.90. The molecule has 0 bridgehead atoms. The second kappa shape index (κ2) is 16.2. The molecular weight excluding hydrogens is 274 g/mol. The van der Waals surface area contributed by atoms with Gasteiger partial charge in [0.2, 0.25) is 0 Å². The summed E-state index contributed by atoms with van der Waals surface area (Å²) in [5.74, 6) is 0. The zero-order chi connectivity index (χ0) is 16.6. The first kappa shape index (κ1) is 23.1. The number of nitrogens with zero attached hydrogens (tertiary/aromatic N) is 1. The van der Waals surface area contributed by atoms with Crippen LogP contribution in [0.5, 0.6) is 0 Å². The van der Waals surface area contributed by atoms with Gasteiger partial charge in [-0.1, -0.05) is 53.4 Å². The van der Waals surface area contributed by atoms with Crippen LogP contribution in [0.3, 0.4) is 0 Å². The highest BCUT2D eigenvalue weighted by Gasteiger charge is 2.24. The van der Waals surface area contributed by atoms with Gasteiger partial charge in [0.1, 0.15) is 0 Å². The molecule has 5 heteroatoms. The Labute approximate surface area is 131 Å². The Morgan fingerprint density at radius 3 is 0.905 bits per heavy atom. The maximum absolute atomic E-state index is 9.67. The molecule has 0 aliphatic rings. The molecule has 0 rings (SSSR count). The molecule has 0 radical (unpaired) electrons. The Morgan fingerprint density at radius 1 is 0.571 bits per heavy atom. The predicted molar refractivity (Wildman–Crippen MR) is 88.4 cm³/mol. The molecule has 0 amide bonds. The van der Waals surface area contributed by atoms with E-state index in [2.05, 4.69) is 27.7 Å². The third kappa shape index (κ3) is 16.0. The van der Waals surface area contributed by atoms with Gasteiger partial charge >= 0.3 is 7.54 Å². The van der Waals surface area contributed by atoms with Crippen molar-refractivity contribution in [3.8, 4) is 0 Å². The molecule has 128 valence electrons. The van der Waals surface area contributed by atoms with E-state index in [1.54, 1.807) is 0 Å². The lowest BCUT2D eigenvalue weighted by Crippen LogP contribution is -2.50. The molecule has 0 aliphatic carbocycles. The fraction of sp³-hybridized carbons (Fsp3) is 1.00. The third-order valence-corrected chi connectivity index (χ3v) is 3.94. The van der Waals surface area contributed by atoms with E-state index in [0.29, 0.717) is 0 Å². The van der Waals surface area contributed by atoms with Gasteiger partial charge in [0.25, 0.3) is 0 Å². The fourth-order valence-electron chi connectivity index (χ4n) is 2.64. The first-order valence-electron chi connectivity index (χ1n) is 8.75. The predicted octanol–water partition coefficient (Wildman–Crippen LogP) is 5.88. The van der Waals surface area contributed by atoms with Crippen molar-refractivity contribution in [2.45, 2.75) is 79.1 Å². The number of hydrogen-bond acceptors (Lipinski definition) is 0. The summed E-state index contributed by atoms with van der Waals surface area (Å²) < 4.78 is 30.4. The number of hydrogen-bond donors (Lipinski definition) is 0.